The van der Waals surface area contributed by atoms with Crippen molar-refractivity contribution in [3.05, 3.63) is 0 Å². The zero-order valence-electron chi connectivity index (χ0n) is 9.60. The lowest BCUT2D eigenvalue weighted by Gasteiger charge is -2.35. The Morgan fingerprint density at radius 1 is 1.50 bits per heavy atom. The van der Waals surface area contributed by atoms with Crippen LogP contribution in [0, 0.1) is 0 Å². The van der Waals surface area contributed by atoms with E-state index in [9.17, 15) is 0 Å². The average Bonchev–Trinajstić information content (AvgIpc) is 2.19. The minimum atomic E-state index is 0.288. The van der Waals surface area contributed by atoms with E-state index in [1.54, 1.807) is 0 Å². The van der Waals surface area contributed by atoms with Gasteiger partial charge in [0, 0.05) is 17.8 Å². The van der Waals surface area contributed by atoms with E-state index >= 15 is 0 Å². The zero-order valence-corrected chi connectivity index (χ0v) is 10.4. The van der Waals surface area contributed by atoms with Gasteiger partial charge in [-0.3, -0.25) is 4.99 Å². The fraction of sp³-hybridized carbons (Fsp3) is 0.909. The number of hydrogen-bond donors (Lipinski definition) is 1. The number of aliphatic imine (C=N–C) groups is 1. The van der Waals surface area contributed by atoms with Crippen LogP contribution in [-0.2, 0) is 0 Å². The summed E-state index contributed by atoms with van der Waals surface area (Å²) >= 11 is 1.87. The molecular formula is C11H22N2S. The number of amidine groups is 1. The predicted octanol–water partition coefficient (Wildman–Crippen LogP) is 3.04. The van der Waals surface area contributed by atoms with Crippen LogP contribution in [0.25, 0.3) is 0 Å². The summed E-state index contributed by atoms with van der Waals surface area (Å²) in [5.41, 5.74) is 0.288. The quantitative estimate of drug-likeness (QED) is 0.727. The summed E-state index contributed by atoms with van der Waals surface area (Å²) in [6.07, 6.45) is 4.86. The summed E-state index contributed by atoms with van der Waals surface area (Å²) in [7, 11) is 0. The topological polar surface area (TPSA) is 24.4 Å². The van der Waals surface area contributed by atoms with Gasteiger partial charge in [-0.2, -0.15) is 0 Å². The van der Waals surface area contributed by atoms with Crippen molar-refractivity contribution >= 4 is 16.9 Å². The third kappa shape index (κ3) is 3.52. The molecule has 1 unspecified atom stereocenters. The van der Waals surface area contributed by atoms with E-state index in [2.05, 4.69) is 31.1 Å². The molecule has 14 heavy (non-hydrogen) atoms. The predicted molar refractivity (Wildman–Crippen MR) is 66.1 cm³/mol. The fourth-order valence-electron chi connectivity index (χ4n) is 1.42. The molecule has 3 heteroatoms. The third-order valence-electron chi connectivity index (χ3n) is 2.85. The summed E-state index contributed by atoms with van der Waals surface area (Å²) in [5, 5.41) is 4.71. The summed E-state index contributed by atoms with van der Waals surface area (Å²) in [4.78, 5) is 4.58. The molecule has 1 saturated heterocycles. The van der Waals surface area contributed by atoms with E-state index in [4.69, 9.17) is 0 Å². The molecule has 1 fully saturated rings. The molecule has 1 N–H and O–H groups in total. The van der Waals surface area contributed by atoms with E-state index < -0.39 is 0 Å². The highest BCUT2D eigenvalue weighted by molar-refractivity contribution is 8.13. The maximum absolute atomic E-state index is 4.58. The van der Waals surface area contributed by atoms with Gasteiger partial charge >= 0.3 is 0 Å². The Bertz CT molecular complexity index is 203. The SMILES string of the molecule is CCCCN=C1NC(C)(CC)CCS1. The number of unbranched alkanes of at least 4 members (excludes halogenated alkanes) is 1. The molecule has 1 aliphatic heterocycles. The number of nitrogens with one attached hydrogen (secondary N) is 1. The van der Waals surface area contributed by atoms with Crippen LogP contribution in [0.3, 0.4) is 0 Å². The van der Waals surface area contributed by atoms with Crippen molar-refractivity contribution in [3.63, 3.8) is 0 Å². The first-order valence-corrected chi connectivity index (χ1v) is 6.64. The summed E-state index contributed by atoms with van der Waals surface area (Å²) in [5.74, 6) is 1.21. The lowest BCUT2D eigenvalue weighted by molar-refractivity contribution is 0.390. The van der Waals surface area contributed by atoms with Crippen LogP contribution in [0.1, 0.15) is 46.5 Å². The number of rotatable bonds is 4. The smallest absolute Gasteiger partial charge is 0.156 e. The van der Waals surface area contributed by atoms with Gasteiger partial charge in [-0.25, -0.2) is 0 Å². The second-order valence-electron chi connectivity index (χ2n) is 4.18. The molecule has 0 aromatic carbocycles. The van der Waals surface area contributed by atoms with Crippen LogP contribution in [0.5, 0.6) is 0 Å². The van der Waals surface area contributed by atoms with E-state index in [1.165, 1.54) is 31.4 Å². The molecule has 2 nitrogen and oxygen atoms in total. The monoisotopic (exact) mass is 214 g/mol. The van der Waals surface area contributed by atoms with Gasteiger partial charge in [-0.15, -0.1) is 0 Å². The van der Waals surface area contributed by atoms with Gasteiger partial charge in [0.25, 0.3) is 0 Å². The highest BCUT2D eigenvalue weighted by Gasteiger charge is 2.27. The molecule has 0 aromatic rings. The van der Waals surface area contributed by atoms with Gasteiger partial charge in [0.05, 0.1) is 0 Å². The normalized spacial score (nSPS) is 30.4. The van der Waals surface area contributed by atoms with Crippen LogP contribution < -0.4 is 5.32 Å². The zero-order chi connectivity index (χ0) is 10.4. The Morgan fingerprint density at radius 2 is 2.29 bits per heavy atom. The molecule has 0 spiro atoms. The fourth-order valence-corrected chi connectivity index (χ4v) is 2.67. The molecule has 1 rings (SSSR count). The Labute approximate surface area is 92.0 Å². The average molecular weight is 214 g/mol. The highest BCUT2D eigenvalue weighted by atomic mass is 32.2. The number of nitrogens with zero attached hydrogens (tertiary/aromatic N) is 1. The van der Waals surface area contributed by atoms with E-state index in [1.807, 2.05) is 11.8 Å². The first-order valence-electron chi connectivity index (χ1n) is 5.65. The molecule has 0 radical (unpaired) electrons. The summed E-state index contributed by atoms with van der Waals surface area (Å²) in [6, 6.07) is 0. The second-order valence-corrected chi connectivity index (χ2v) is 5.26. The van der Waals surface area contributed by atoms with Gasteiger partial charge in [-0.1, -0.05) is 32.0 Å². The second kappa shape index (κ2) is 5.64. The van der Waals surface area contributed by atoms with Crippen molar-refractivity contribution < 1.29 is 0 Å². The Balaban J connectivity index is 2.43. The maximum Gasteiger partial charge on any atom is 0.156 e. The first kappa shape index (κ1) is 11.9. The van der Waals surface area contributed by atoms with Crippen molar-refractivity contribution in [2.75, 3.05) is 12.3 Å². The van der Waals surface area contributed by atoms with Crippen LogP contribution in [-0.4, -0.2) is 23.0 Å². The van der Waals surface area contributed by atoms with Crippen LogP contribution >= 0.6 is 11.8 Å². The van der Waals surface area contributed by atoms with Gasteiger partial charge in [0.2, 0.25) is 0 Å². The molecule has 0 aliphatic carbocycles. The van der Waals surface area contributed by atoms with Gasteiger partial charge in [0.15, 0.2) is 5.17 Å². The minimum absolute atomic E-state index is 0.288. The Kier molecular flexibility index (Phi) is 4.79. The standard InChI is InChI=1S/C11H22N2S/c1-4-6-8-12-10-13-11(3,5-2)7-9-14-10/h4-9H2,1-3H3,(H,12,13). The Hall–Kier alpha value is -0.180. The molecular weight excluding hydrogens is 192 g/mol. The van der Waals surface area contributed by atoms with Crippen molar-refractivity contribution in [2.45, 2.75) is 52.0 Å². The molecule has 1 aliphatic rings. The molecule has 1 heterocycles. The van der Waals surface area contributed by atoms with Crippen LogP contribution in [0.4, 0.5) is 0 Å². The maximum atomic E-state index is 4.58. The van der Waals surface area contributed by atoms with E-state index in [0.717, 1.165) is 11.7 Å². The molecule has 82 valence electrons. The van der Waals surface area contributed by atoms with Gasteiger partial charge in [0.1, 0.15) is 0 Å². The van der Waals surface area contributed by atoms with Crippen molar-refractivity contribution in [1.82, 2.24) is 5.32 Å². The van der Waals surface area contributed by atoms with Crippen molar-refractivity contribution in [1.29, 1.82) is 0 Å². The number of hydrogen-bond acceptors (Lipinski definition) is 2. The third-order valence-corrected chi connectivity index (χ3v) is 3.76. The summed E-state index contributed by atoms with van der Waals surface area (Å²) in [6.45, 7) is 7.72. The van der Waals surface area contributed by atoms with E-state index in [0.29, 0.717) is 0 Å². The minimum Gasteiger partial charge on any atom is -0.360 e. The molecule has 1 atom stereocenters. The van der Waals surface area contributed by atoms with Crippen LogP contribution in [0.2, 0.25) is 0 Å². The molecule has 0 bridgehead atoms. The van der Waals surface area contributed by atoms with Crippen LogP contribution in [0.15, 0.2) is 4.99 Å². The Morgan fingerprint density at radius 3 is 2.93 bits per heavy atom. The van der Waals surface area contributed by atoms with Gasteiger partial charge < -0.3 is 5.32 Å². The number of thioether (sulfide) groups is 1. The molecule has 0 amide bonds. The van der Waals surface area contributed by atoms with Crippen molar-refractivity contribution in [2.24, 2.45) is 4.99 Å². The lowest BCUT2D eigenvalue weighted by Crippen LogP contribution is -2.48. The van der Waals surface area contributed by atoms with Crippen molar-refractivity contribution in [3.8, 4) is 0 Å². The molecule has 0 aromatic heterocycles. The first-order chi connectivity index (χ1) is 6.70. The summed E-state index contributed by atoms with van der Waals surface area (Å²) < 4.78 is 0. The molecule has 0 saturated carbocycles. The lowest BCUT2D eigenvalue weighted by atomic mass is 9.96. The van der Waals surface area contributed by atoms with Gasteiger partial charge in [-0.05, 0) is 26.2 Å². The highest BCUT2D eigenvalue weighted by Crippen LogP contribution is 2.24. The largest absolute Gasteiger partial charge is 0.360 e. The van der Waals surface area contributed by atoms with E-state index in [-0.39, 0.29) is 5.54 Å².